The van der Waals surface area contributed by atoms with Crippen LogP contribution in [0.1, 0.15) is 30.1 Å². The number of nitrogens with one attached hydrogen (secondary N) is 1. The zero-order valence-corrected chi connectivity index (χ0v) is 14.1. The number of aromatic nitrogens is 2. The van der Waals surface area contributed by atoms with Crippen LogP contribution in [0.15, 0.2) is 49.1 Å². The summed E-state index contributed by atoms with van der Waals surface area (Å²) in [4.78, 5) is 27.0. The highest BCUT2D eigenvalue weighted by molar-refractivity contribution is 5.83. The Morgan fingerprint density at radius 3 is 2.65 bits per heavy atom. The number of hydrogen-bond acceptors (Lipinski definition) is 5. The van der Waals surface area contributed by atoms with Crippen LogP contribution >= 0.6 is 0 Å². The molecule has 1 aromatic carbocycles. The van der Waals surface area contributed by atoms with Crippen molar-refractivity contribution in [3.8, 4) is 0 Å². The number of carbonyl (C=O) groups is 1. The topological polar surface area (TPSA) is 67.4 Å². The van der Waals surface area contributed by atoms with Crippen molar-refractivity contribution in [1.29, 1.82) is 0 Å². The van der Waals surface area contributed by atoms with E-state index in [-0.39, 0.29) is 17.6 Å². The lowest BCUT2D eigenvalue weighted by molar-refractivity contribution is -0.174. The molecule has 0 saturated carbocycles. The van der Waals surface area contributed by atoms with Gasteiger partial charge in [-0.15, -0.1) is 0 Å². The number of hydroxylamine groups is 2. The fourth-order valence-electron chi connectivity index (χ4n) is 3.40. The van der Waals surface area contributed by atoms with Crippen LogP contribution in [-0.2, 0) is 9.63 Å². The summed E-state index contributed by atoms with van der Waals surface area (Å²) >= 11 is 0. The summed E-state index contributed by atoms with van der Waals surface area (Å²) in [6.45, 7) is 1.64. The fraction of sp³-hybridized carbons (Fsp3) is 0.316. The first kappa shape index (κ1) is 16.7. The SMILES string of the molecule is O=C(C1CCNCC1)N1OC=C(c2ccc(F)cc2)C1c1ccncn1. The van der Waals surface area contributed by atoms with Crippen molar-refractivity contribution >= 4 is 11.5 Å². The first-order valence-electron chi connectivity index (χ1n) is 8.66. The maximum Gasteiger partial charge on any atom is 0.259 e. The average molecular weight is 354 g/mol. The average Bonchev–Trinajstić information content (AvgIpc) is 3.14. The van der Waals surface area contributed by atoms with Crippen LogP contribution in [0.3, 0.4) is 0 Å². The van der Waals surface area contributed by atoms with E-state index in [2.05, 4.69) is 15.3 Å². The van der Waals surface area contributed by atoms with Gasteiger partial charge in [-0.3, -0.25) is 4.79 Å². The minimum atomic E-state index is -0.481. The Kier molecular flexibility index (Phi) is 4.62. The maximum atomic E-state index is 13.3. The van der Waals surface area contributed by atoms with Crippen molar-refractivity contribution in [3.63, 3.8) is 0 Å². The lowest BCUT2D eigenvalue weighted by Gasteiger charge is -2.29. The minimum Gasteiger partial charge on any atom is -0.383 e. The number of nitrogens with zero attached hydrogens (tertiary/aromatic N) is 3. The molecule has 0 aliphatic carbocycles. The van der Waals surface area contributed by atoms with E-state index in [4.69, 9.17) is 4.84 Å². The van der Waals surface area contributed by atoms with Gasteiger partial charge in [0.25, 0.3) is 5.91 Å². The van der Waals surface area contributed by atoms with Gasteiger partial charge in [-0.1, -0.05) is 12.1 Å². The van der Waals surface area contributed by atoms with Gasteiger partial charge in [-0.25, -0.2) is 14.4 Å². The van der Waals surface area contributed by atoms with Crippen LogP contribution < -0.4 is 5.32 Å². The van der Waals surface area contributed by atoms with E-state index in [0.29, 0.717) is 5.69 Å². The number of hydrogen-bond donors (Lipinski definition) is 1. The Morgan fingerprint density at radius 1 is 1.19 bits per heavy atom. The van der Waals surface area contributed by atoms with Gasteiger partial charge in [0.1, 0.15) is 24.4 Å². The van der Waals surface area contributed by atoms with Gasteiger partial charge < -0.3 is 10.2 Å². The molecule has 1 fully saturated rings. The van der Waals surface area contributed by atoms with E-state index in [1.54, 1.807) is 30.7 Å². The van der Waals surface area contributed by atoms with Crippen molar-refractivity contribution in [2.24, 2.45) is 5.92 Å². The highest BCUT2D eigenvalue weighted by Crippen LogP contribution is 2.40. The molecule has 1 N–H and O–H groups in total. The van der Waals surface area contributed by atoms with Crippen molar-refractivity contribution in [3.05, 3.63) is 66.2 Å². The minimum absolute atomic E-state index is 0.0523. The molecule has 1 amide bonds. The summed E-state index contributed by atoms with van der Waals surface area (Å²) in [5.74, 6) is -0.445. The molecule has 7 heteroatoms. The van der Waals surface area contributed by atoms with Gasteiger partial charge in [0.15, 0.2) is 0 Å². The summed E-state index contributed by atoms with van der Waals surface area (Å²) in [5, 5.41) is 4.66. The molecule has 2 aromatic rings. The summed E-state index contributed by atoms with van der Waals surface area (Å²) in [6, 6.07) is 7.42. The molecule has 1 aromatic heterocycles. The number of rotatable bonds is 3. The van der Waals surface area contributed by atoms with E-state index in [9.17, 15) is 9.18 Å². The third kappa shape index (κ3) is 3.17. The lowest BCUT2D eigenvalue weighted by Crippen LogP contribution is -2.40. The standard InChI is InChI=1S/C19H19FN4O2/c20-15-3-1-13(2-4-15)16-11-26-24(18(16)17-7-10-22-12-23-17)19(25)14-5-8-21-9-6-14/h1-4,7,10-12,14,18,21H,5-6,8-9H2. The lowest BCUT2D eigenvalue weighted by atomic mass is 9.94. The molecule has 0 radical (unpaired) electrons. The molecule has 26 heavy (non-hydrogen) atoms. The summed E-state index contributed by atoms with van der Waals surface area (Å²) in [5.41, 5.74) is 2.22. The molecule has 1 atom stereocenters. The van der Waals surface area contributed by atoms with Crippen LogP contribution in [0.25, 0.3) is 5.57 Å². The number of amides is 1. The molecule has 6 nitrogen and oxygen atoms in total. The van der Waals surface area contributed by atoms with Gasteiger partial charge >= 0.3 is 0 Å². The number of halogens is 1. The highest BCUT2D eigenvalue weighted by Gasteiger charge is 2.39. The van der Waals surface area contributed by atoms with Crippen LogP contribution in [-0.4, -0.2) is 34.0 Å². The molecule has 2 aliphatic heterocycles. The molecular formula is C19H19FN4O2. The second-order valence-electron chi connectivity index (χ2n) is 6.41. The molecule has 0 bridgehead atoms. The van der Waals surface area contributed by atoms with Crippen molar-refractivity contribution in [2.75, 3.05) is 13.1 Å². The monoisotopic (exact) mass is 354 g/mol. The zero-order valence-electron chi connectivity index (χ0n) is 14.1. The number of benzene rings is 1. The van der Waals surface area contributed by atoms with Crippen molar-refractivity contribution in [2.45, 2.75) is 18.9 Å². The van der Waals surface area contributed by atoms with Crippen LogP contribution in [0.5, 0.6) is 0 Å². The third-order valence-corrected chi connectivity index (χ3v) is 4.79. The summed E-state index contributed by atoms with van der Waals surface area (Å²) in [6.07, 6.45) is 6.19. The summed E-state index contributed by atoms with van der Waals surface area (Å²) < 4.78 is 13.3. The smallest absolute Gasteiger partial charge is 0.259 e. The Bertz CT molecular complexity index is 804. The molecule has 3 heterocycles. The number of carbonyl (C=O) groups excluding carboxylic acids is 1. The second-order valence-corrected chi connectivity index (χ2v) is 6.41. The van der Waals surface area contributed by atoms with Gasteiger partial charge in [0, 0.05) is 17.7 Å². The molecule has 1 unspecified atom stereocenters. The van der Waals surface area contributed by atoms with Crippen molar-refractivity contribution in [1.82, 2.24) is 20.3 Å². The normalized spacial score (nSPS) is 20.6. The summed E-state index contributed by atoms with van der Waals surface area (Å²) in [7, 11) is 0. The van der Waals surface area contributed by atoms with Gasteiger partial charge in [0.2, 0.25) is 0 Å². The van der Waals surface area contributed by atoms with Crippen LogP contribution in [0.2, 0.25) is 0 Å². The third-order valence-electron chi connectivity index (χ3n) is 4.79. The first-order chi connectivity index (χ1) is 12.7. The molecule has 134 valence electrons. The van der Waals surface area contributed by atoms with Crippen molar-refractivity contribution < 1.29 is 14.0 Å². The largest absolute Gasteiger partial charge is 0.383 e. The quantitative estimate of drug-likeness (QED) is 0.917. The predicted molar refractivity (Wildman–Crippen MR) is 92.7 cm³/mol. The second kappa shape index (κ2) is 7.21. The molecule has 0 spiro atoms. The molecule has 2 aliphatic rings. The van der Waals surface area contributed by atoms with E-state index < -0.39 is 6.04 Å². The van der Waals surface area contributed by atoms with Crippen LogP contribution in [0.4, 0.5) is 4.39 Å². The molecule has 1 saturated heterocycles. The van der Waals surface area contributed by atoms with Gasteiger partial charge in [-0.2, -0.15) is 5.06 Å². The Labute approximate surface area is 150 Å². The molecule has 4 rings (SSSR count). The predicted octanol–water partition coefficient (Wildman–Crippen LogP) is 2.47. The van der Waals surface area contributed by atoms with E-state index in [1.165, 1.54) is 23.5 Å². The Hall–Kier alpha value is -2.80. The van der Waals surface area contributed by atoms with E-state index in [1.807, 2.05) is 0 Å². The van der Waals surface area contributed by atoms with Gasteiger partial charge in [0.05, 0.1) is 5.69 Å². The maximum absolute atomic E-state index is 13.3. The van der Waals surface area contributed by atoms with E-state index in [0.717, 1.165) is 37.1 Å². The first-order valence-corrected chi connectivity index (χ1v) is 8.66. The highest BCUT2D eigenvalue weighted by atomic mass is 19.1. The Morgan fingerprint density at radius 2 is 1.96 bits per heavy atom. The van der Waals surface area contributed by atoms with E-state index >= 15 is 0 Å². The fourth-order valence-corrected chi connectivity index (χ4v) is 3.40. The zero-order chi connectivity index (χ0) is 17.9. The number of piperidine rings is 1. The van der Waals surface area contributed by atoms with Crippen LogP contribution in [0, 0.1) is 11.7 Å². The molecular weight excluding hydrogens is 335 g/mol. The van der Waals surface area contributed by atoms with Gasteiger partial charge in [-0.05, 0) is 49.7 Å². The Balaban J connectivity index is 1.67.